The minimum absolute atomic E-state index is 0.119. The molecule has 0 radical (unpaired) electrons. The second kappa shape index (κ2) is 9.98. The fraction of sp³-hybridized carbons (Fsp3) is 0.375. The smallest absolute Gasteiger partial charge is 0.0823 e. The summed E-state index contributed by atoms with van der Waals surface area (Å²) in [5.41, 5.74) is 4.80. The molecule has 2 aromatic rings. The van der Waals surface area contributed by atoms with E-state index >= 15 is 0 Å². The highest BCUT2D eigenvalue weighted by atomic mass is 16.5. The molecule has 1 atom stereocenters. The summed E-state index contributed by atoms with van der Waals surface area (Å²) in [5, 5.41) is 20.6. The van der Waals surface area contributed by atoms with E-state index in [1.165, 1.54) is 10.6 Å². The number of hydrogen-bond donors (Lipinski definition) is 2. The maximum absolute atomic E-state index is 10.2. The predicted molar refractivity (Wildman–Crippen MR) is 116 cm³/mol. The maximum atomic E-state index is 10.2. The average Bonchev–Trinajstić information content (AvgIpc) is 2.80. The fourth-order valence-corrected chi connectivity index (χ4v) is 3.68. The molecular weight excluding hydrogens is 378 g/mol. The zero-order valence-electron chi connectivity index (χ0n) is 17.0. The van der Waals surface area contributed by atoms with Crippen LogP contribution in [0.15, 0.2) is 53.5 Å². The summed E-state index contributed by atoms with van der Waals surface area (Å²) in [7, 11) is 0. The Balaban J connectivity index is 1.36. The van der Waals surface area contributed by atoms with Crippen LogP contribution in [0.3, 0.4) is 0 Å². The van der Waals surface area contributed by atoms with Crippen LogP contribution in [0.5, 0.6) is 0 Å². The zero-order valence-corrected chi connectivity index (χ0v) is 17.0. The summed E-state index contributed by atoms with van der Waals surface area (Å²) in [5.74, 6) is 6.43. The Morgan fingerprint density at radius 2 is 1.60 bits per heavy atom. The van der Waals surface area contributed by atoms with Gasteiger partial charge in [-0.3, -0.25) is 9.89 Å². The lowest BCUT2D eigenvalue weighted by Crippen LogP contribution is -2.38. The summed E-state index contributed by atoms with van der Waals surface area (Å²) < 4.78 is 5.40. The van der Waals surface area contributed by atoms with Crippen LogP contribution in [0.25, 0.3) is 0 Å². The Morgan fingerprint density at radius 1 is 0.967 bits per heavy atom. The van der Waals surface area contributed by atoms with Gasteiger partial charge in [0.2, 0.25) is 0 Å². The van der Waals surface area contributed by atoms with Crippen LogP contribution in [0.1, 0.15) is 28.3 Å². The molecule has 1 unspecified atom stereocenters. The van der Waals surface area contributed by atoms with Crippen molar-refractivity contribution in [3.05, 3.63) is 70.8 Å². The van der Waals surface area contributed by atoms with Crippen LogP contribution in [-0.2, 0) is 11.3 Å². The second-order valence-electron chi connectivity index (χ2n) is 7.64. The van der Waals surface area contributed by atoms with Crippen molar-refractivity contribution in [3.8, 4) is 11.8 Å². The Labute approximate surface area is 177 Å². The summed E-state index contributed by atoms with van der Waals surface area (Å²) in [4.78, 5) is 6.73. The normalized spacial score (nSPS) is 20.3. The van der Waals surface area contributed by atoms with Gasteiger partial charge in [0.15, 0.2) is 0 Å². The van der Waals surface area contributed by atoms with Crippen LogP contribution in [0.4, 0.5) is 0 Å². The molecule has 1 saturated heterocycles. The lowest BCUT2D eigenvalue weighted by Gasteiger charge is -2.29. The van der Waals surface area contributed by atoms with Crippen LogP contribution in [0, 0.1) is 11.8 Å². The van der Waals surface area contributed by atoms with E-state index < -0.39 is 0 Å². The third-order valence-corrected chi connectivity index (χ3v) is 5.49. The van der Waals surface area contributed by atoms with Crippen LogP contribution >= 0.6 is 0 Å². The van der Waals surface area contributed by atoms with Gasteiger partial charge in [0.1, 0.15) is 0 Å². The van der Waals surface area contributed by atoms with Gasteiger partial charge < -0.3 is 15.1 Å². The molecule has 4 rings (SSSR count). The highest BCUT2D eigenvalue weighted by Crippen LogP contribution is 2.22. The molecule has 6 nitrogen and oxygen atoms in total. The van der Waals surface area contributed by atoms with Gasteiger partial charge in [-0.05, 0) is 35.4 Å². The molecule has 2 N–H and O–H groups in total. The highest BCUT2D eigenvalue weighted by Gasteiger charge is 2.23. The second-order valence-corrected chi connectivity index (χ2v) is 7.64. The first-order chi connectivity index (χ1) is 14.7. The Bertz CT molecular complexity index is 923. The first-order valence-corrected chi connectivity index (χ1v) is 10.3. The highest BCUT2D eigenvalue weighted by molar-refractivity contribution is 5.87. The van der Waals surface area contributed by atoms with Gasteiger partial charge in [-0.15, -0.1) is 0 Å². The quantitative estimate of drug-likeness (QED) is 0.763. The summed E-state index contributed by atoms with van der Waals surface area (Å²) in [6.45, 7) is 5.14. The first kappa shape index (κ1) is 20.7. The first-order valence-electron chi connectivity index (χ1n) is 10.3. The summed E-state index contributed by atoms with van der Waals surface area (Å²) in [6.07, 6.45) is 0. The summed E-state index contributed by atoms with van der Waals surface area (Å²) in [6, 6.07) is 16.1. The van der Waals surface area contributed by atoms with E-state index in [2.05, 4.69) is 46.0 Å². The molecule has 2 heterocycles. The van der Waals surface area contributed by atoms with Crippen molar-refractivity contribution in [2.24, 2.45) is 4.99 Å². The molecule has 0 amide bonds. The van der Waals surface area contributed by atoms with Crippen molar-refractivity contribution < 1.29 is 15.1 Å². The topological polar surface area (TPSA) is 68.5 Å². The molecule has 2 aliphatic rings. The SMILES string of the molecule is OCC1=NCC(c2ccc(C#Cc3ccc(CN4CCOCC4)cc3)cc2)N(O)C1. The number of aliphatic hydroxyl groups is 1. The lowest BCUT2D eigenvalue weighted by molar-refractivity contribution is -0.116. The van der Waals surface area contributed by atoms with E-state index in [1.807, 2.05) is 24.3 Å². The van der Waals surface area contributed by atoms with E-state index in [4.69, 9.17) is 9.84 Å². The molecule has 0 bridgehead atoms. The molecule has 30 heavy (non-hydrogen) atoms. The minimum atomic E-state index is -0.193. The molecular formula is C24H27N3O3. The van der Waals surface area contributed by atoms with Crippen molar-refractivity contribution >= 4 is 5.71 Å². The maximum Gasteiger partial charge on any atom is 0.0823 e. The van der Waals surface area contributed by atoms with Crippen molar-refractivity contribution in [1.29, 1.82) is 0 Å². The van der Waals surface area contributed by atoms with E-state index in [-0.39, 0.29) is 19.2 Å². The third-order valence-electron chi connectivity index (χ3n) is 5.49. The van der Waals surface area contributed by atoms with Gasteiger partial charge in [-0.25, -0.2) is 0 Å². The molecule has 1 fully saturated rings. The molecule has 6 heteroatoms. The van der Waals surface area contributed by atoms with E-state index in [0.717, 1.165) is 49.5 Å². The number of aliphatic hydroxyl groups excluding tert-OH is 1. The number of rotatable bonds is 4. The van der Waals surface area contributed by atoms with E-state index in [1.54, 1.807) is 0 Å². The molecule has 0 saturated carbocycles. The largest absolute Gasteiger partial charge is 0.390 e. The molecule has 156 valence electrons. The molecule has 2 aromatic carbocycles. The number of aliphatic imine (C=N–C) groups is 1. The van der Waals surface area contributed by atoms with Crippen LogP contribution < -0.4 is 0 Å². The Hall–Kier alpha value is -2.53. The minimum Gasteiger partial charge on any atom is -0.390 e. The fourth-order valence-electron chi connectivity index (χ4n) is 3.68. The van der Waals surface area contributed by atoms with Gasteiger partial charge in [0.05, 0.1) is 44.7 Å². The van der Waals surface area contributed by atoms with E-state index in [0.29, 0.717) is 12.3 Å². The molecule has 0 spiro atoms. The van der Waals surface area contributed by atoms with Crippen molar-refractivity contribution in [2.45, 2.75) is 12.6 Å². The number of hydrogen-bond acceptors (Lipinski definition) is 6. The summed E-state index contributed by atoms with van der Waals surface area (Å²) >= 11 is 0. The van der Waals surface area contributed by atoms with Gasteiger partial charge in [0, 0.05) is 30.8 Å². The van der Waals surface area contributed by atoms with Crippen molar-refractivity contribution in [1.82, 2.24) is 9.96 Å². The van der Waals surface area contributed by atoms with Gasteiger partial charge in [-0.2, -0.15) is 5.06 Å². The number of hydroxylamine groups is 2. The molecule has 0 aliphatic carbocycles. The average molecular weight is 405 g/mol. The number of ether oxygens (including phenoxy) is 1. The predicted octanol–water partition coefficient (Wildman–Crippen LogP) is 2.10. The Kier molecular flexibility index (Phi) is 6.90. The molecule has 0 aromatic heterocycles. The van der Waals surface area contributed by atoms with Gasteiger partial charge in [0.25, 0.3) is 0 Å². The number of benzene rings is 2. The molecule has 2 aliphatic heterocycles. The monoisotopic (exact) mass is 405 g/mol. The van der Waals surface area contributed by atoms with Crippen molar-refractivity contribution in [2.75, 3.05) is 46.0 Å². The third kappa shape index (κ3) is 5.33. The lowest BCUT2D eigenvalue weighted by atomic mass is 10.0. The standard InChI is InChI=1S/C24H27N3O3/c28-18-23-17-27(29)24(15-25-23)22-9-7-20(8-10-22)2-1-19-3-5-21(6-4-19)16-26-11-13-30-14-12-26/h3-10,24,28-29H,11-18H2. The van der Waals surface area contributed by atoms with Gasteiger partial charge >= 0.3 is 0 Å². The Morgan fingerprint density at radius 3 is 2.20 bits per heavy atom. The zero-order chi connectivity index (χ0) is 20.8. The van der Waals surface area contributed by atoms with Crippen molar-refractivity contribution in [3.63, 3.8) is 0 Å². The number of morpholine rings is 1. The van der Waals surface area contributed by atoms with Crippen LogP contribution in [0.2, 0.25) is 0 Å². The van der Waals surface area contributed by atoms with E-state index in [9.17, 15) is 5.21 Å². The van der Waals surface area contributed by atoms with Gasteiger partial charge in [-0.1, -0.05) is 36.1 Å². The number of nitrogens with zero attached hydrogens (tertiary/aromatic N) is 3. The van der Waals surface area contributed by atoms with Crippen LogP contribution in [-0.4, -0.2) is 72.0 Å².